The van der Waals surface area contributed by atoms with E-state index in [2.05, 4.69) is 6.58 Å². The van der Waals surface area contributed by atoms with E-state index in [-0.39, 0.29) is 12.2 Å². The van der Waals surface area contributed by atoms with Crippen LogP contribution in [0.5, 0.6) is 11.5 Å². The minimum absolute atomic E-state index is 0.166. The van der Waals surface area contributed by atoms with E-state index < -0.39 is 11.4 Å². The molecule has 1 unspecified atom stereocenters. The first-order chi connectivity index (χ1) is 11.1. The summed E-state index contributed by atoms with van der Waals surface area (Å²) >= 11 is 0. The fourth-order valence-corrected chi connectivity index (χ4v) is 2.91. The molecular formula is C19H16O4. The molecule has 23 heavy (non-hydrogen) atoms. The van der Waals surface area contributed by atoms with Crippen LogP contribution in [-0.2, 0) is 10.2 Å². The van der Waals surface area contributed by atoms with Crippen LogP contribution in [0.2, 0.25) is 0 Å². The van der Waals surface area contributed by atoms with E-state index in [0.717, 1.165) is 0 Å². The van der Waals surface area contributed by atoms with Gasteiger partial charge in [0.15, 0.2) is 11.2 Å². The van der Waals surface area contributed by atoms with Crippen molar-refractivity contribution in [1.82, 2.24) is 0 Å². The number of rotatable bonds is 5. The third-order valence-electron chi connectivity index (χ3n) is 4.07. The standard InChI is InChI=1S/C19H16O4/c1-3-11-19(17(20)13-7-5-4-6-8-13)15-12-14(22-2)9-10-16(15)23-18(19)21/h3-10,12H,1,11H2,2H3. The molecule has 4 nitrogen and oxygen atoms in total. The van der Waals surface area contributed by atoms with Gasteiger partial charge in [-0.3, -0.25) is 9.59 Å². The zero-order chi connectivity index (χ0) is 16.4. The Hall–Kier alpha value is -2.88. The van der Waals surface area contributed by atoms with Gasteiger partial charge < -0.3 is 9.47 Å². The van der Waals surface area contributed by atoms with Gasteiger partial charge in [-0.1, -0.05) is 36.4 Å². The second-order valence-electron chi connectivity index (χ2n) is 5.34. The molecule has 4 heteroatoms. The van der Waals surface area contributed by atoms with Crippen molar-refractivity contribution < 1.29 is 19.1 Å². The molecule has 0 saturated carbocycles. The van der Waals surface area contributed by atoms with Crippen LogP contribution in [0.15, 0.2) is 61.2 Å². The average molecular weight is 308 g/mol. The predicted molar refractivity (Wildman–Crippen MR) is 85.9 cm³/mol. The summed E-state index contributed by atoms with van der Waals surface area (Å²) in [6, 6.07) is 13.8. The largest absolute Gasteiger partial charge is 0.497 e. The van der Waals surface area contributed by atoms with Crippen LogP contribution in [0.4, 0.5) is 0 Å². The molecule has 116 valence electrons. The molecule has 0 bridgehead atoms. The summed E-state index contributed by atoms with van der Waals surface area (Å²) < 4.78 is 10.6. The van der Waals surface area contributed by atoms with E-state index in [1.165, 1.54) is 7.11 Å². The van der Waals surface area contributed by atoms with Crippen LogP contribution in [0, 0.1) is 0 Å². The summed E-state index contributed by atoms with van der Waals surface area (Å²) in [6.07, 6.45) is 1.73. The maximum Gasteiger partial charge on any atom is 0.330 e. The van der Waals surface area contributed by atoms with Crippen LogP contribution in [0.25, 0.3) is 0 Å². The van der Waals surface area contributed by atoms with Crippen molar-refractivity contribution in [3.05, 3.63) is 72.3 Å². The van der Waals surface area contributed by atoms with Crippen molar-refractivity contribution >= 4 is 11.8 Å². The van der Waals surface area contributed by atoms with Gasteiger partial charge in [0.2, 0.25) is 0 Å². The zero-order valence-electron chi connectivity index (χ0n) is 12.7. The SMILES string of the molecule is C=CCC1(C(=O)c2ccccc2)C(=O)Oc2ccc(OC)cc21. The highest BCUT2D eigenvalue weighted by molar-refractivity contribution is 6.19. The number of esters is 1. The van der Waals surface area contributed by atoms with Gasteiger partial charge in [-0.15, -0.1) is 6.58 Å². The molecule has 0 aromatic heterocycles. The van der Waals surface area contributed by atoms with Crippen LogP contribution in [0.1, 0.15) is 22.3 Å². The van der Waals surface area contributed by atoms with Gasteiger partial charge in [-0.25, -0.2) is 0 Å². The van der Waals surface area contributed by atoms with Crippen LogP contribution < -0.4 is 9.47 Å². The van der Waals surface area contributed by atoms with Crippen molar-refractivity contribution in [2.45, 2.75) is 11.8 Å². The Labute approximate surface area is 134 Å². The number of hydrogen-bond acceptors (Lipinski definition) is 4. The Morgan fingerprint density at radius 1 is 1.26 bits per heavy atom. The number of benzene rings is 2. The van der Waals surface area contributed by atoms with E-state index in [9.17, 15) is 9.59 Å². The molecule has 1 aliphatic rings. The molecule has 1 heterocycles. The lowest BCUT2D eigenvalue weighted by atomic mass is 9.73. The Bertz CT molecular complexity index is 779. The van der Waals surface area contributed by atoms with Crippen LogP contribution >= 0.6 is 0 Å². The van der Waals surface area contributed by atoms with Gasteiger partial charge >= 0.3 is 5.97 Å². The molecule has 0 radical (unpaired) electrons. The Morgan fingerprint density at radius 2 is 2.00 bits per heavy atom. The molecule has 0 amide bonds. The summed E-state index contributed by atoms with van der Waals surface area (Å²) in [5.74, 6) is 0.0859. The van der Waals surface area contributed by atoms with E-state index in [4.69, 9.17) is 9.47 Å². The first-order valence-corrected chi connectivity index (χ1v) is 7.25. The van der Waals surface area contributed by atoms with Crippen molar-refractivity contribution in [3.63, 3.8) is 0 Å². The molecule has 3 rings (SSSR count). The van der Waals surface area contributed by atoms with E-state index in [0.29, 0.717) is 22.6 Å². The highest BCUT2D eigenvalue weighted by Gasteiger charge is 2.54. The predicted octanol–water partition coefficient (Wildman–Crippen LogP) is 3.31. The number of ketones is 1. The van der Waals surface area contributed by atoms with Crippen LogP contribution in [0.3, 0.4) is 0 Å². The molecule has 1 aliphatic heterocycles. The van der Waals surface area contributed by atoms with Gasteiger partial charge in [-0.2, -0.15) is 0 Å². The highest BCUT2D eigenvalue weighted by Crippen LogP contribution is 2.46. The molecular weight excluding hydrogens is 292 g/mol. The number of hydrogen-bond donors (Lipinski definition) is 0. The average Bonchev–Trinajstić information content (AvgIpc) is 2.87. The Kier molecular flexibility index (Phi) is 3.74. The molecule has 0 spiro atoms. The number of allylic oxidation sites excluding steroid dienone is 1. The van der Waals surface area contributed by atoms with Crippen molar-refractivity contribution in [1.29, 1.82) is 0 Å². The lowest BCUT2D eigenvalue weighted by Gasteiger charge is -2.23. The normalized spacial score (nSPS) is 18.9. The van der Waals surface area contributed by atoms with E-state index in [1.807, 2.05) is 6.07 Å². The fraction of sp³-hybridized carbons (Fsp3) is 0.158. The number of methoxy groups -OCH3 is 1. The van der Waals surface area contributed by atoms with Gasteiger partial charge in [0.05, 0.1) is 7.11 Å². The topological polar surface area (TPSA) is 52.6 Å². The molecule has 0 aliphatic carbocycles. The van der Waals surface area contributed by atoms with E-state index >= 15 is 0 Å². The molecule has 0 N–H and O–H groups in total. The maximum absolute atomic E-state index is 13.1. The van der Waals surface area contributed by atoms with Crippen molar-refractivity contribution in [2.24, 2.45) is 0 Å². The van der Waals surface area contributed by atoms with Crippen LogP contribution in [-0.4, -0.2) is 18.9 Å². The van der Waals surface area contributed by atoms with Crippen molar-refractivity contribution in [3.8, 4) is 11.5 Å². The third-order valence-corrected chi connectivity index (χ3v) is 4.07. The first-order valence-electron chi connectivity index (χ1n) is 7.25. The minimum atomic E-state index is -1.41. The summed E-state index contributed by atoms with van der Waals surface area (Å²) in [6.45, 7) is 3.70. The number of carbonyl (C=O) groups excluding carboxylic acids is 2. The zero-order valence-corrected chi connectivity index (χ0v) is 12.7. The van der Waals surface area contributed by atoms with Gasteiger partial charge in [0, 0.05) is 11.1 Å². The summed E-state index contributed by atoms with van der Waals surface area (Å²) in [5.41, 5.74) is -0.426. The molecule has 2 aromatic rings. The molecule has 1 atom stereocenters. The maximum atomic E-state index is 13.1. The van der Waals surface area contributed by atoms with Crippen molar-refractivity contribution in [2.75, 3.05) is 7.11 Å². The monoisotopic (exact) mass is 308 g/mol. The van der Waals surface area contributed by atoms with Gasteiger partial charge in [0.25, 0.3) is 0 Å². The number of fused-ring (bicyclic) bond motifs is 1. The summed E-state index contributed by atoms with van der Waals surface area (Å²) in [5, 5.41) is 0. The quantitative estimate of drug-likeness (QED) is 0.279. The number of carbonyl (C=O) groups is 2. The molecule has 0 saturated heterocycles. The van der Waals surface area contributed by atoms with Gasteiger partial charge in [-0.05, 0) is 24.6 Å². The smallest absolute Gasteiger partial charge is 0.330 e. The third kappa shape index (κ3) is 2.23. The molecule has 0 fully saturated rings. The van der Waals surface area contributed by atoms with E-state index in [1.54, 1.807) is 48.5 Å². The second kappa shape index (κ2) is 5.72. The Balaban J connectivity index is 2.21. The summed E-state index contributed by atoms with van der Waals surface area (Å²) in [7, 11) is 1.54. The second-order valence-corrected chi connectivity index (χ2v) is 5.34. The highest BCUT2D eigenvalue weighted by atomic mass is 16.5. The lowest BCUT2D eigenvalue weighted by Crippen LogP contribution is -2.41. The van der Waals surface area contributed by atoms with Gasteiger partial charge in [0.1, 0.15) is 11.5 Å². The number of Topliss-reactive ketones (excluding diaryl/α,β-unsaturated/α-hetero) is 1. The Morgan fingerprint density at radius 3 is 2.65 bits per heavy atom. The molecule has 2 aromatic carbocycles. The summed E-state index contributed by atoms with van der Waals surface area (Å²) in [4.78, 5) is 25.8. The lowest BCUT2D eigenvalue weighted by molar-refractivity contribution is -0.136. The number of ether oxygens (including phenoxy) is 2. The fourth-order valence-electron chi connectivity index (χ4n) is 2.91. The first kappa shape index (κ1) is 15.0. The minimum Gasteiger partial charge on any atom is -0.497 e.